The van der Waals surface area contributed by atoms with Gasteiger partial charge in [-0.3, -0.25) is 0 Å². The average Bonchev–Trinajstić information content (AvgIpc) is 3.05. The van der Waals surface area contributed by atoms with Gasteiger partial charge in [0.25, 0.3) is 11.5 Å². The van der Waals surface area contributed by atoms with Crippen LogP contribution in [0.5, 0.6) is 5.88 Å². The Morgan fingerprint density at radius 3 is 2.69 bits per heavy atom. The van der Waals surface area contributed by atoms with E-state index in [1.165, 1.54) is 40.0 Å². The zero-order valence-corrected chi connectivity index (χ0v) is 14.8. The number of hydrogen-bond acceptors (Lipinski definition) is 4. The molecule has 0 spiro atoms. The minimum atomic E-state index is -0.415. The van der Waals surface area contributed by atoms with Crippen molar-refractivity contribution >= 4 is 28.6 Å². The fraction of sp³-hybridized carbons (Fsp3) is 0.0556. The molecule has 3 heterocycles. The highest BCUT2D eigenvalue weighted by molar-refractivity contribution is 7.15. The number of aromatic nitrogens is 3. The van der Waals surface area contributed by atoms with Crippen molar-refractivity contribution in [1.82, 2.24) is 9.38 Å². The molecule has 3 aromatic heterocycles. The Balaban J connectivity index is 2.00. The van der Waals surface area contributed by atoms with E-state index in [-0.39, 0.29) is 23.5 Å². The standard InChI is InChI=1S/C18H11ClFN3O2S/c19-18-21-9-13(26-18)10-23-14-3-1-2-8-22(14)16(24)15(17(23)25)11-4-6-12(20)7-5-11/h1-9H,10H2/p+1. The first-order valence-corrected chi connectivity index (χ1v) is 8.86. The van der Waals surface area contributed by atoms with E-state index in [2.05, 4.69) is 4.98 Å². The third kappa shape index (κ3) is 2.85. The predicted molar refractivity (Wildman–Crippen MR) is 97.1 cm³/mol. The summed E-state index contributed by atoms with van der Waals surface area (Å²) in [5.74, 6) is -0.612. The fourth-order valence-electron chi connectivity index (χ4n) is 2.82. The van der Waals surface area contributed by atoms with Crippen LogP contribution in [0.1, 0.15) is 4.88 Å². The third-order valence-electron chi connectivity index (χ3n) is 4.00. The van der Waals surface area contributed by atoms with E-state index >= 15 is 0 Å². The number of pyridine rings is 1. The first-order chi connectivity index (χ1) is 12.5. The number of aromatic hydroxyl groups is 1. The molecule has 0 fully saturated rings. The SMILES string of the molecule is O=c1c(-c2ccc(F)cc2)c(O)[n+](Cc2cnc(Cl)s2)c2ccccn12. The van der Waals surface area contributed by atoms with E-state index in [0.29, 0.717) is 15.7 Å². The van der Waals surface area contributed by atoms with Crippen LogP contribution in [-0.2, 0) is 6.54 Å². The van der Waals surface area contributed by atoms with Gasteiger partial charge in [0.1, 0.15) is 12.4 Å². The van der Waals surface area contributed by atoms with E-state index in [9.17, 15) is 14.3 Å². The lowest BCUT2D eigenvalue weighted by molar-refractivity contribution is -0.671. The normalized spacial score (nSPS) is 11.2. The predicted octanol–water partition coefficient (Wildman–Crippen LogP) is 3.26. The maximum absolute atomic E-state index is 13.3. The van der Waals surface area contributed by atoms with E-state index < -0.39 is 5.82 Å². The van der Waals surface area contributed by atoms with Crippen LogP contribution in [0.25, 0.3) is 16.8 Å². The number of benzene rings is 1. The summed E-state index contributed by atoms with van der Waals surface area (Å²) in [5.41, 5.74) is 0.668. The lowest BCUT2D eigenvalue weighted by atomic mass is 10.1. The van der Waals surface area contributed by atoms with Crippen LogP contribution in [0.2, 0.25) is 4.47 Å². The summed E-state index contributed by atoms with van der Waals surface area (Å²) in [6, 6.07) is 10.7. The van der Waals surface area contributed by atoms with Gasteiger partial charge in [-0.05, 0) is 23.8 Å². The highest BCUT2D eigenvalue weighted by atomic mass is 35.5. The van der Waals surface area contributed by atoms with E-state index in [1.807, 2.05) is 0 Å². The Kier molecular flexibility index (Phi) is 4.18. The fourth-order valence-corrected chi connectivity index (χ4v) is 3.79. The van der Waals surface area contributed by atoms with Crippen molar-refractivity contribution in [2.75, 3.05) is 0 Å². The molecule has 8 heteroatoms. The highest BCUT2D eigenvalue weighted by Gasteiger charge is 2.25. The highest BCUT2D eigenvalue weighted by Crippen LogP contribution is 2.25. The van der Waals surface area contributed by atoms with Crippen molar-refractivity contribution in [3.63, 3.8) is 0 Å². The van der Waals surface area contributed by atoms with Crippen LogP contribution in [-0.4, -0.2) is 14.5 Å². The summed E-state index contributed by atoms with van der Waals surface area (Å²) < 4.78 is 16.7. The monoisotopic (exact) mass is 388 g/mol. The van der Waals surface area contributed by atoms with Gasteiger partial charge >= 0.3 is 5.56 Å². The van der Waals surface area contributed by atoms with Crippen LogP contribution < -0.4 is 10.1 Å². The number of fused-ring (bicyclic) bond motifs is 1. The first kappa shape index (κ1) is 16.7. The lowest BCUT2D eigenvalue weighted by Gasteiger charge is -2.09. The lowest BCUT2D eigenvalue weighted by Crippen LogP contribution is -2.41. The molecule has 0 bridgehead atoms. The van der Waals surface area contributed by atoms with Gasteiger partial charge in [0.15, 0.2) is 10.0 Å². The molecule has 130 valence electrons. The molecule has 0 amide bonds. The number of thiazole rings is 1. The first-order valence-electron chi connectivity index (χ1n) is 7.67. The summed E-state index contributed by atoms with van der Waals surface area (Å²) in [6.07, 6.45) is 3.25. The summed E-state index contributed by atoms with van der Waals surface area (Å²) in [7, 11) is 0. The second-order valence-corrected chi connectivity index (χ2v) is 7.30. The number of halogens is 2. The average molecular weight is 389 g/mol. The van der Waals surface area contributed by atoms with Crippen LogP contribution in [0.4, 0.5) is 4.39 Å². The molecule has 4 aromatic rings. The zero-order chi connectivity index (χ0) is 18.3. The van der Waals surface area contributed by atoms with Gasteiger partial charge in [0.2, 0.25) is 0 Å². The zero-order valence-electron chi connectivity index (χ0n) is 13.3. The Labute approximate surface area is 156 Å². The summed E-state index contributed by atoms with van der Waals surface area (Å²) in [6.45, 7) is 0.290. The van der Waals surface area contributed by atoms with Crippen molar-refractivity contribution in [2.24, 2.45) is 0 Å². The largest absolute Gasteiger partial charge is 0.477 e. The van der Waals surface area contributed by atoms with Gasteiger partial charge in [0, 0.05) is 12.3 Å². The molecule has 1 aromatic carbocycles. The van der Waals surface area contributed by atoms with E-state index in [0.717, 1.165) is 4.88 Å². The van der Waals surface area contributed by atoms with Gasteiger partial charge in [0.05, 0.1) is 11.1 Å². The molecule has 0 radical (unpaired) electrons. The van der Waals surface area contributed by atoms with Gasteiger partial charge in [-0.25, -0.2) is 14.2 Å². The molecule has 0 aliphatic heterocycles. The quantitative estimate of drug-likeness (QED) is 0.548. The molecular formula is C18H12ClFN3O2S+. The molecule has 0 atom stereocenters. The second kappa shape index (κ2) is 6.51. The Bertz CT molecular complexity index is 1170. The Hall–Kier alpha value is -2.77. The number of nitrogens with zero attached hydrogens (tertiary/aromatic N) is 3. The van der Waals surface area contributed by atoms with Crippen LogP contribution in [0.15, 0.2) is 59.7 Å². The Morgan fingerprint density at radius 2 is 2.00 bits per heavy atom. The minimum Gasteiger partial charge on any atom is -0.477 e. The van der Waals surface area contributed by atoms with E-state index in [1.54, 1.807) is 35.2 Å². The second-order valence-electron chi connectivity index (χ2n) is 5.61. The molecule has 0 saturated heterocycles. The number of rotatable bonds is 3. The minimum absolute atomic E-state index is 0.101. The molecule has 0 saturated carbocycles. The van der Waals surface area contributed by atoms with Gasteiger partial charge in [-0.2, -0.15) is 8.97 Å². The van der Waals surface area contributed by atoms with Gasteiger partial charge in [-0.1, -0.05) is 29.8 Å². The van der Waals surface area contributed by atoms with Crippen molar-refractivity contribution < 1.29 is 14.1 Å². The topological polar surface area (TPSA) is 58.5 Å². The van der Waals surface area contributed by atoms with Crippen LogP contribution in [0.3, 0.4) is 0 Å². The summed E-state index contributed by atoms with van der Waals surface area (Å²) in [4.78, 5) is 17.7. The number of hydrogen-bond donors (Lipinski definition) is 1. The maximum Gasteiger partial charge on any atom is 0.354 e. The van der Waals surface area contributed by atoms with Crippen molar-refractivity contribution in [2.45, 2.75) is 6.54 Å². The molecular weight excluding hydrogens is 377 g/mol. The Morgan fingerprint density at radius 1 is 1.23 bits per heavy atom. The van der Waals surface area contributed by atoms with Crippen LogP contribution >= 0.6 is 22.9 Å². The van der Waals surface area contributed by atoms with Crippen molar-refractivity contribution in [3.8, 4) is 17.0 Å². The molecule has 0 unspecified atom stereocenters. The van der Waals surface area contributed by atoms with Gasteiger partial charge < -0.3 is 5.11 Å². The summed E-state index contributed by atoms with van der Waals surface area (Å²) >= 11 is 7.19. The van der Waals surface area contributed by atoms with Crippen LogP contribution in [0, 0.1) is 5.82 Å². The molecule has 0 aliphatic carbocycles. The molecule has 5 nitrogen and oxygen atoms in total. The van der Waals surface area contributed by atoms with Crippen molar-refractivity contribution in [1.29, 1.82) is 0 Å². The van der Waals surface area contributed by atoms with Gasteiger partial charge in [-0.15, -0.1) is 11.3 Å². The molecule has 4 rings (SSSR count). The molecule has 1 N–H and O–H groups in total. The molecule has 0 aliphatic rings. The smallest absolute Gasteiger partial charge is 0.354 e. The maximum atomic E-state index is 13.3. The third-order valence-corrected chi connectivity index (χ3v) is 5.10. The molecule has 26 heavy (non-hydrogen) atoms. The summed E-state index contributed by atoms with van der Waals surface area (Å²) in [5, 5.41) is 10.9. The van der Waals surface area contributed by atoms with Crippen molar-refractivity contribution in [3.05, 3.63) is 80.4 Å². The van der Waals surface area contributed by atoms with E-state index in [4.69, 9.17) is 11.6 Å².